The summed E-state index contributed by atoms with van der Waals surface area (Å²) in [4.78, 5) is 12.6. The van der Waals surface area contributed by atoms with Gasteiger partial charge in [-0.3, -0.25) is 0 Å². The Morgan fingerprint density at radius 1 is 1.11 bits per heavy atom. The second kappa shape index (κ2) is 6.90. The molecule has 1 atom stereocenters. The van der Waals surface area contributed by atoms with Gasteiger partial charge in [0.25, 0.3) is 0 Å². The Balaban J connectivity index is 1.83. The minimum atomic E-state index is -4.40. The van der Waals surface area contributed by atoms with Gasteiger partial charge in [-0.15, -0.1) is 0 Å². The highest BCUT2D eigenvalue weighted by atomic mass is 19.4. The van der Waals surface area contributed by atoms with Crippen LogP contribution in [0.4, 0.5) is 18.9 Å². The molecule has 3 rings (SSSR count). The number of aromatic nitrogens is 4. The Bertz CT molecular complexity index is 1010. The third kappa shape index (κ3) is 3.86. The molecular weight excluding hydrogens is 359 g/mol. The zero-order valence-electron chi connectivity index (χ0n) is 14.7. The standard InChI is InChI=1S/C18H18F3N5O/c1-11-9-13(3-8-16(11)22)10-25-17(27)26(24-23-25)12(2)14-4-6-15(7-5-14)18(19,20)21/h3-9,12H,10,22H2,1-2H3. The molecule has 0 aliphatic carbocycles. The number of rotatable bonds is 4. The van der Waals surface area contributed by atoms with Crippen LogP contribution in [-0.4, -0.2) is 19.8 Å². The number of tetrazole rings is 1. The van der Waals surface area contributed by atoms with Gasteiger partial charge in [0.15, 0.2) is 0 Å². The SMILES string of the molecule is Cc1cc(Cn2nnn(C(C)c3ccc(C(F)(F)F)cc3)c2=O)ccc1N. The predicted molar refractivity (Wildman–Crippen MR) is 94.2 cm³/mol. The van der Waals surface area contributed by atoms with Crippen molar-refractivity contribution in [2.24, 2.45) is 0 Å². The number of aryl methyl sites for hydroxylation is 1. The smallest absolute Gasteiger partial charge is 0.399 e. The van der Waals surface area contributed by atoms with Gasteiger partial charge >= 0.3 is 11.9 Å². The summed E-state index contributed by atoms with van der Waals surface area (Å²) in [7, 11) is 0. The molecule has 0 saturated heterocycles. The van der Waals surface area contributed by atoms with Crippen LogP contribution in [-0.2, 0) is 12.7 Å². The molecule has 0 bridgehead atoms. The number of nitrogen functional groups attached to an aromatic ring is 1. The third-order valence-electron chi connectivity index (χ3n) is 4.41. The normalized spacial score (nSPS) is 12.9. The van der Waals surface area contributed by atoms with Gasteiger partial charge in [-0.2, -0.15) is 22.5 Å². The van der Waals surface area contributed by atoms with E-state index in [2.05, 4.69) is 10.4 Å². The van der Waals surface area contributed by atoms with E-state index < -0.39 is 23.5 Å². The van der Waals surface area contributed by atoms with E-state index in [-0.39, 0.29) is 6.54 Å². The molecule has 1 heterocycles. The van der Waals surface area contributed by atoms with Crippen LogP contribution < -0.4 is 11.4 Å². The van der Waals surface area contributed by atoms with Crippen molar-refractivity contribution in [3.05, 3.63) is 75.2 Å². The van der Waals surface area contributed by atoms with E-state index in [4.69, 9.17) is 5.73 Å². The molecule has 2 aromatic carbocycles. The molecule has 27 heavy (non-hydrogen) atoms. The Kier molecular flexibility index (Phi) is 4.77. The summed E-state index contributed by atoms with van der Waals surface area (Å²) in [6, 6.07) is 9.50. The molecule has 0 aliphatic heterocycles. The Morgan fingerprint density at radius 2 is 1.78 bits per heavy atom. The van der Waals surface area contributed by atoms with Gasteiger partial charge in [0.05, 0.1) is 18.2 Å². The largest absolute Gasteiger partial charge is 0.416 e. The summed E-state index contributed by atoms with van der Waals surface area (Å²) in [5, 5.41) is 7.74. The number of alkyl halides is 3. The van der Waals surface area contributed by atoms with Crippen molar-refractivity contribution in [2.45, 2.75) is 32.6 Å². The molecule has 1 unspecified atom stereocenters. The van der Waals surface area contributed by atoms with Gasteiger partial charge < -0.3 is 5.73 Å². The molecule has 0 saturated carbocycles. The van der Waals surface area contributed by atoms with Crippen molar-refractivity contribution in [3.8, 4) is 0 Å². The highest BCUT2D eigenvalue weighted by molar-refractivity contribution is 5.47. The Morgan fingerprint density at radius 3 is 2.37 bits per heavy atom. The Labute approximate surface area is 153 Å². The summed E-state index contributed by atoms with van der Waals surface area (Å²) >= 11 is 0. The molecule has 142 valence electrons. The maximum Gasteiger partial charge on any atom is 0.416 e. The molecule has 6 nitrogen and oxygen atoms in total. The molecule has 2 N–H and O–H groups in total. The van der Waals surface area contributed by atoms with Crippen molar-refractivity contribution >= 4 is 5.69 Å². The van der Waals surface area contributed by atoms with E-state index in [1.54, 1.807) is 19.1 Å². The summed E-state index contributed by atoms with van der Waals surface area (Å²) in [5.74, 6) is 0. The number of anilines is 1. The maximum absolute atomic E-state index is 12.7. The molecule has 0 aliphatic rings. The van der Waals surface area contributed by atoms with E-state index in [1.165, 1.54) is 16.8 Å². The van der Waals surface area contributed by atoms with Gasteiger partial charge in [0.2, 0.25) is 0 Å². The summed E-state index contributed by atoms with van der Waals surface area (Å²) in [6.07, 6.45) is -4.40. The number of nitrogens with two attached hydrogens (primary N) is 1. The zero-order valence-corrected chi connectivity index (χ0v) is 14.7. The molecule has 0 radical (unpaired) electrons. The van der Waals surface area contributed by atoms with Crippen molar-refractivity contribution in [3.63, 3.8) is 0 Å². The minimum absolute atomic E-state index is 0.222. The minimum Gasteiger partial charge on any atom is -0.399 e. The Hall–Kier alpha value is -3.10. The monoisotopic (exact) mass is 377 g/mol. The van der Waals surface area contributed by atoms with Crippen LogP contribution in [0.3, 0.4) is 0 Å². The average Bonchev–Trinajstić information content (AvgIpc) is 2.97. The van der Waals surface area contributed by atoms with Crippen LogP contribution >= 0.6 is 0 Å². The van der Waals surface area contributed by atoms with Crippen molar-refractivity contribution < 1.29 is 13.2 Å². The number of benzene rings is 2. The topological polar surface area (TPSA) is 78.7 Å². The molecule has 0 amide bonds. The van der Waals surface area contributed by atoms with Gasteiger partial charge in [-0.1, -0.05) is 24.3 Å². The highest BCUT2D eigenvalue weighted by Crippen LogP contribution is 2.30. The lowest BCUT2D eigenvalue weighted by Gasteiger charge is -2.12. The fourth-order valence-electron chi connectivity index (χ4n) is 2.73. The number of hydrogen-bond donors (Lipinski definition) is 1. The van der Waals surface area contributed by atoms with Crippen LogP contribution in [0, 0.1) is 6.92 Å². The van der Waals surface area contributed by atoms with Crippen LogP contribution in [0.25, 0.3) is 0 Å². The lowest BCUT2D eigenvalue weighted by molar-refractivity contribution is -0.137. The van der Waals surface area contributed by atoms with Gasteiger partial charge in [-0.25, -0.2) is 4.79 Å². The first kappa shape index (κ1) is 18.7. The fourth-order valence-corrected chi connectivity index (χ4v) is 2.73. The third-order valence-corrected chi connectivity index (χ3v) is 4.41. The predicted octanol–water partition coefficient (Wildman–Crippen LogP) is 3.01. The average molecular weight is 377 g/mol. The van der Waals surface area contributed by atoms with Crippen LogP contribution in [0.1, 0.15) is 35.2 Å². The maximum atomic E-state index is 12.7. The lowest BCUT2D eigenvalue weighted by atomic mass is 10.1. The first-order valence-corrected chi connectivity index (χ1v) is 8.21. The van der Waals surface area contributed by atoms with Crippen molar-refractivity contribution in [2.75, 3.05) is 5.73 Å². The van der Waals surface area contributed by atoms with E-state index in [0.29, 0.717) is 11.3 Å². The van der Waals surface area contributed by atoms with E-state index in [0.717, 1.165) is 27.9 Å². The fraction of sp³-hybridized carbons (Fsp3) is 0.278. The number of halogens is 3. The number of nitrogens with zero attached hydrogens (tertiary/aromatic N) is 4. The second-order valence-corrected chi connectivity index (χ2v) is 6.35. The van der Waals surface area contributed by atoms with Crippen molar-refractivity contribution in [1.82, 2.24) is 19.8 Å². The van der Waals surface area contributed by atoms with Crippen LogP contribution in [0.15, 0.2) is 47.3 Å². The molecule has 0 spiro atoms. The van der Waals surface area contributed by atoms with Gasteiger partial charge in [0, 0.05) is 5.69 Å². The molecular formula is C18H18F3N5O. The van der Waals surface area contributed by atoms with Crippen LogP contribution in [0.5, 0.6) is 0 Å². The summed E-state index contributed by atoms with van der Waals surface area (Å²) in [5.41, 5.74) is 7.52. The zero-order chi connectivity index (χ0) is 19.8. The van der Waals surface area contributed by atoms with Gasteiger partial charge in [0.1, 0.15) is 0 Å². The first-order chi connectivity index (χ1) is 12.7. The van der Waals surface area contributed by atoms with E-state index >= 15 is 0 Å². The van der Waals surface area contributed by atoms with E-state index in [1.807, 2.05) is 13.0 Å². The lowest BCUT2D eigenvalue weighted by Crippen LogP contribution is -2.28. The molecule has 0 fully saturated rings. The molecule has 3 aromatic rings. The molecule has 9 heteroatoms. The quantitative estimate of drug-likeness (QED) is 0.709. The van der Waals surface area contributed by atoms with E-state index in [9.17, 15) is 18.0 Å². The van der Waals surface area contributed by atoms with Crippen molar-refractivity contribution in [1.29, 1.82) is 0 Å². The van der Waals surface area contributed by atoms with Crippen LogP contribution in [0.2, 0.25) is 0 Å². The molecule has 1 aromatic heterocycles. The first-order valence-electron chi connectivity index (χ1n) is 8.21. The number of hydrogen-bond acceptors (Lipinski definition) is 4. The van der Waals surface area contributed by atoms with Gasteiger partial charge in [-0.05, 0) is 59.2 Å². The summed E-state index contributed by atoms with van der Waals surface area (Å²) < 4.78 is 40.4. The summed E-state index contributed by atoms with van der Waals surface area (Å²) in [6.45, 7) is 3.77. The highest BCUT2D eigenvalue weighted by Gasteiger charge is 2.30. The second-order valence-electron chi connectivity index (χ2n) is 6.35.